The molecule has 0 unspecified atom stereocenters. The fraction of sp³-hybridized carbons (Fsp3) is 0.304. The lowest BCUT2D eigenvalue weighted by molar-refractivity contribution is 0.0912. The van der Waals surface area contributed by atoms with Crippen LogP contribution in [0.1, 0.15) is 33.8 Å². The van der Waals surface area contributed by atoms with Crippen LogP contribution in [0.25, 0.3) is 10.6 Å². The lowest BCUT2D eigenvalue weighted by Crippen LogP contribution is -2.44. The summed E-state index contributed by atoms with van der Waals surface area (Å²) in [6.07, 6.45) is 1.92. The van der Waals surface area contributed by atoms with Gasteiger partial charge in [0.2, 0.25) is 0 Å². The largest absolute Gasteiger partial charge is 0.348 e. The molecule has 0 saturated carbocycles. The third kappa shape index (κ3) is 5.04. The van der Waals surface area contributed by atoms with Crippen LogP contribution in [0.3, 0.4) is 0 Å². The van der Waals surface area contributed by atoms with Gasteiger partial charge in [-0.15, -0.1) is 11.3 Å². The van der Waals surface area contributed by atoms with E-state index in [-0.39, 0.29) is 11.9 Å². The molecule has 1 amide bonds. The molecule has 0 bridgehead atoms. The molecule has 4 rings (SSSR count). The number of rotatable bonds is 5. The zero-order chi connectivity index (χ0) is 20.2. The van der Waals surface area contributed by atoms with Crippen molar-refractivity contribution < 1.29 is 4.79 Å². The predicted octanol–water partition coefficient (Wildman–Crippen LogP) is 5.17. The molecular formula is C23H24ClN3OS. The summed E-state index contributed by atoms with van der Waals surface area (Å²) in [5.41, 5.74) is 3.12. The summed E-state index contributed by atoms with van der Waals surface area (Å²) < 4.78 is 0. The maximum atomic E-state index is 12.8. The normalized spacial score (nSPS) is 15.4. The number of benzene rings is 2. The number of aryl methyl sites for hydroxylation is 1. The number of likely N-dealkylation sites (tertiary alicyclic amines) is 1. The van der Waals surface area contributed by atoms with Crippen LogP contribution in [0.4, 0.5) is 0 Å². The maximum Gasteiger partial charge on any atom is 0.263 e. The van der Waals surface area contributed by atoms with E-state index < -0.39 is 0 Å². The van der Waals surface area contributed by atoms with Gasteiger partial charge in [0.1, 0.15) is 9.88 Å². The SMILES string of the molecule is Cc1nc(-c2ccccc2)sc1C(=O)NC1CCN(Cc2ccc(Cl)cc2)CC1. The summed E-state index contributed by atoms with van der Waals surface area (Å²) in [5.74, 6) is -0.00154. The van der Waals surface area contributed by atoms with Crippen molar-refractivity contribution in [3.8, 4) is 10.6 Å². The molecule has 0 radical (unpaired) electrons. The Balaban J connectivity index is 1.32. The fourth-order valence-electron chi connectivity index (χ4n) is 3.65. The van der Waals surface area contributed by atoms with E-state index >= 15 is 0 Å². The van der Waals surface area contributed by atoms with E-state index in [0.717, 1.165) is 53.8 Å². The molecule has 1 fully saturated rings. The van der Waals surface area contributed by atoms with Crippen LogP contribution >= 0.6 is 22.9 Å². The van der Waals surface area contributed by atoms with Gasteiger partial charge in [-0.05, 0) is 37.5 Å². The molecule has 6 heteroatoms. The summed E-state index contributed by atoms with van der Waals surface area (Å²) in [5, 5.41) is 4.88. The standard InChI is InChI=1S/C23H24ClN3OS/c1-16-21(29-23(25-16)18-5-3-2-4-6-18)22(28)26-20-11-13-27(14-12-20)15-17-7-9-19(24)10-8-17/h2-10,20H,11-15H2,1H3,(H,26,28). The van der Waals surface area contributed by atoms with Gasteiger partial charge in [0, 0.05) is 36.3 Å². The van der Waals surface area contributed by atoms with Gasteiger partial charge in [-0.2, -0.15) is 0 Å². The Bertz CT molecular complexity index is 964. The zero-order valence-electron chi connectivity index (χ0n) is 16.4. The van der Waals surface area contributed by atoms with Gasteiger partial charge in [0.15, 0.2) is 0 Å². The van der Waals surface area contributed by atoms with Gasteiger partial charge in [0.05, 0.1) is 5.69 Å². The number of nitrogens with one attached hydrogen (secondary N) is 1. The van der Waals surface area contributed by atoms with Crippen molar-refractivity contribution in [1.29, 1.82) is 0 Å². The zero-order valence-corrected chi connectivity index (χ0v) is 18.0. The number of nitrogens with zero attached hydrogens (tertiary/aromatic N) is 2. The number of carbonyl (C=O) groups is 1. The third-order valence-corrected chi connectivity index (χ3v) is 6.72. The summed E-state index contributed by atoms with van der Waals surface area (Å²) in [7, 11) is 0. The Labute approximate surface area is 180 Å². The Morgan fingerprint density at radius 2 is 1.83 bits per heavy atom. The van der Waals surface area contributed by atoms with Crippen LogP contribution in [0.2, 0.25) is 5.02 Å². The maximum absolute atomic E-state index is 12.8. The van der Waals surface area contributed by atoms with Crippen LogP contribution in [-0.4, -0.2) is 34.9 Å². The highest BCUT2D eigenvalue weighted by atomic mass is 35.5. The van der Waals surface area contributed by atoms with Crippen molar-refractivity contribution in [2.75, 3.05) is 13.1 Å². The van der Waals surface area contributed by atoms with E-state index in [4.69, 9.17) is 11.6 Å². The van der Waals surface area contributed by atoms with Crippen molar-refractivity contribution >= 4 is 28.8 Å². The number of carbonyl (C=O) groups excluding carboxylic acids is 1. The summed E-state index contributed by atoms with van der Waals surface area (Å²) in [6.45, 7) is 4.79. The number of amides is 1. The summed E-state index contributed by atoms with van der Waals surface area (Å²) in [4.78, 5) is 20.6. The molecule has 1 saturated heterocycles. The molecule has 4 nitrogen and oxygen atoms in total. The van der Waals surface area contributed by atoms with Crippen LogP contribution in [-0.2, 0) is 6.54 Å². The minimum Gasteiger partial charge on any atom is -0.348 e. The first-order valence-electron chi connectivity index (χ1n) is 9.89. The highest BCUT2D eigenvalue weighted by Crippen LogP contribution is 2.28. The third-order valence-electron chi connectivity index (χ3n) is 5.27. The van der Waals surface area contributed by atoms with Gasteiger partial charge in [0.25, 0.3) is 5.91 Å². The number of piperidine rings is 1. The Morgan fingerprint density at radius 3 is 2.52 bits per heavy atom. The van der Waals surface area contributed by atoms with Gasteiger partial charge in [-0.3, -0.25) is 9.69 Å². The van der Waals surface area contributed by atoms with Crippen molar-refractivity contribution in [2.24, 2.45) is 0 Å². The van der Waals surface area contributed by atoms with E-state index in [2.05, 4.69) is 27.3 Å². The highest BCUT2D eigenvalue weighted by Gasteiger charge is 2.23. The summed E-state index contributed by atoms with van der Waals surface area (Å²) >= 11 is 7.43. The van der Waals surface area contributed by atoms with Crippen LogP contribution < -0.4 is 5.32 Å². The van der Waals surface area contributed by atoms with Crippen LogP contribution in [0.5, 0.6) is 0 Å². The topological polar surface area (TPSA) is 45.2 Å². The number of hydrogen-bond acceptors (Lipinski definition) is 4. The van der Waals surface area contributed by atoms with Crippen molar-refractivity contribution in [3.05, 3.63) is 75.8 Å². The number of halogens is 1. The Kier molecular flexibility index (Phi) is 6.28. The first-order chi connectivity index (χ1) is 14.1. The number of aromatic nitrogens is 1. The van der Waals surface area contributed by atoms with E-state index in [9.17, 15) is 4.79 Å². The monoisotopic (exact) mass is 425 g/mol. The molecule has 1 aliphatic rings. The van der Waals surface area contributed by atoms with E-state index in [1.54, 1.807) is 0 Å². The highest BCUT2D eigenvalue weighted by molar-refractivity contribution is 7.17. The molecule has 1 aromatic heterocycles. The molecule has 1 N–H and O–H groups in total. The van der Waals surface area contributed by atoms with Gasteiger partial charge in [-0.25, -0.2) is 4.98 Å². The molecule has 0 spiro atoms. The average molecular weight is 426 g/mol. The first-order valence-corrected chi connectivity index (χ1v) is 11.1. The van der Waals surface area contributed by atoms with E-state index in [1.807, 2.05) is 49.4 Å². The van der Waals surface area contributed by atoms with E-state index in [0.29, 0.717) is 4.88 Å². The molecule has 0 atom stereocenters. The van der Waals surface area contributed by atoms with Crippen molar-refractivity contribution in [1.82, 2.24) is 15.2 Å². The minimum absolute atomic E-state index is 0.00154. The van der Waals surface area contributed by atoms with Crippen molar-refractivity contribution in [2.45, 2.75) is 32.4 Å². The number of hydrogen-bond donors (Lipinski definition) is 1. The second kappa shape index (κ2) is 9.08. The molecule has 150 valence electrons. The lowest BCUT2D eigenvalue weighted by atomic mass is 10.0. The molecule has 0 aliphatic carbocycles. The smallest absolute Gasteiger partial charge is 0.263 e. The van der Waals surface area contributed by atoms with E-state index in [1.165, 1.54) is 16.9 Å². The average Bonchev–Trinajstić information content (AvgIpc) is 3.14. The molecular weight excluding hydrogens is 402 g/mol. The quantitative estimate of drug-likeness (QED) is 0.613. The predicted molar refractivity (Wildman–Crippen MR) is 120 cm³/mol. The van der Waals surface area contributed by atoms with Crippen molar-refractivity contribution in [3.63, 3.8) is 0 Å². The minimum atomic E-state index is -0.00154. The first kappa shape index (κ1) is 20.1. The Hall–Kier alpha value is -2.21. The molecule has 2 heterocycles. The lowest BCUT2D eigenvalue weighted by Gasteiger charge is -2.32. The number of thiazole rings is 1. The second-order valence-electron chi connectivity index (χ2n) is 7.45. The van der Waals surface area contributed by atoms with Gasteiger partial charge in [-0.1, -0.05) is 54.1 Å². The van der Waals surface area contributed by atoms with Gasteiger partial charge < -0.3 is 5.32 Å². The van der Waals surface area contributed by atoms with Gasteiger partial charge >= 0.3 is 0 Å². The molecule has 3 aromatic rings. The second-order valence-corrected chi connectivity index (χ2v) is 8.89. The van der Waals surface area contributed by atoms with Crippen LogP contribution in [0.15, 0.2) is 54.6 Å². The molecule has 2 aromatic carbocycles. The fourth-order valence-corrected chi connectivity index (χ4v) is 4.75. The Morgan fingerprint density at radius 1 is 1.14 bits per heavy atom. The molecule has 29 heavy (non-hydrogen) atoms. The van der Waals surface area contributed by atoms with Crippen LogP contribution in [0, 0.1) is 6.92 Å². The molecule has 1 aliphatic heterocycles. The summed E-state index contributed by atoms with van der Waals surface area (Å²) in [6, 6.07) is 18.2.